The quantitative estimate of drug-likeness (QED) is 0.895. The summed E-state index contributed by atoms with van der Waals surface area (Å²) in [7, 11) is 1.64. The van der Waals surface area contributed by atoms with Crippen LogP contribution in [-0.2, 0) is 9.63 Å². The molecule has 2 N–H and O–H groups in total. The maximum Gasteiger partial charge on any atom is 0.306 e. The SMILES string of the molecule is COc1cccc(C2=CC3(CCC(C(=O)O)CC3)ON2)c1. The Hall–Kier alpha value is -2.01. The second-order valence-corrected chi connectivity index (χ2v) is 5.67. The van der Waals surface area contributed by atoms with Gasteiger partial charge < -0.3 is 9.84 Å². The zero-order chi connectivity index (χ0) is 14.9. The molecule has 0 atom stereocenters. The Kier molecular flexibility index (Phi) is 3.59. The summed E-state index contributed by atoms with van der Waals surface area (Å²) in [6, 6.07) is 7.77. The number of nitrogens with one attached hydrogen (secondary N) is 1. The summed E-state index contributed by atoms with van der Waals surface area (Å²) < 4.78 is 5.23. The standard InChI is InChI=1S/C16H19NO4/c1-20-13-4-2-3-12(9-13)14-10-16(21-17-14)7-5-11(6-8-16)15(18)19/h2-4,9-11,17H,5-8H2,1H3,(H,18,19). The van der Waals surface area contributed by atoms with Gasteiger partial charge in [-0.2, -0.15) is 0 Å². The molecule has 1 aliphatic heterocycles. The van der Waals surface area contributed by atoms with E-state index in [2.05, 4.69) is 11.6 Å². The maximum absolute atomic E-state index is 11.0. The molecule has 112 valence electrons. The normalized spacial score (nSPS) is 28.0. The fourth-order valence-corrected chi connectivity index (χ4v) is 3.01. The fraction of sp³-hybridized carbons (Fsp3) is 0.438. The van der Waals surface area contributed by atoms with Gasteiger partial charge in [0.15, 0.2) is 0 Å². The van der Waals surface area contributed by atoms with Crippen molar-refractivity contribution >= 4 is 11.7 Å². The second-order valence-electron chi connectivity index (χ2n) is 5.67. The Labute approximate surface area is 123 Å². The van der Waals surface area contributed by atoms with Gasteiger partial charge in [0.25, 0.3) is 0 Å². The van der Waals surface area contributed by atoms with Crippen molar-refractivity contribution in [3.8, 4) is 5.75 Å². The van der Waals surface area contributed by atoms with Crippen LogP contribution in [-0.4, -0.2) is 23.8 Å². The van der Waals surface area contributed by atoms with Gasteiger partial charge in [-0.15, -0.1) is 0 Å². The highest BCUT2D eigenvalue weighted by molar-refractivity contribution is 5.70. The van der Waals surface area contributed by atoms with E-state index in [-0.39, 0.29) is 11.5 Å². The maximum atomic E-state index is 11.0. The molecule has 1 saturated carbocycles. The summed E-state index contributed by atoms with van der Waals surface area (Å²) in [6.07, 6.45) is 4.84. The average Bonchev–Trinajstić information content (AvgIpc) is 2.92. The van der Waals surface area contributed by atoms with Gasteiger partial charge in [0.05, 0.1) is 18.7 Å². The van der Waals surface area contributed by atoms with E-state index in [4.69, 9.17) is 14.7 Å². The van der Waals surface area contributed by atoms with Gasteiger partial charge in [0, 0.05) is 5.56 Å². The van der Waals surface area contributed by atoms with Crippen molar-refractivity contribution in [2.24, 2.45) is 5.92 Å². The highest BCUT2D eigenvalue weighted by Gasteiger charge is 2.40. The summed E-state index contributed by atoms with van der Waals surface area (Å²) in [4.78, 5) is 16.8. The highest BCUT2D eigenvalue weighted by atomic mass is 16.7. The third-order valence-electron chi connectivity index (χ3n) is 4.33. The molecule has 0 radical (unpaired) electrons. The zero-order valence-corrected chi connectivity index (χ0v) is 12.0. The van der Waals surface area contributed by atoms with Crippen molar-refractivity contribution in [2.45, 2.75) is 31.3 Å². The van der Waals surface area contributed by atoms with Crippen molar-refractivity contribution in [2.75, 3.05) is 7.11 Å². The Morgan fingerprint density at radius 3 is 2.86 bits per heavy atom. The Bertz CT molecular complexity index is 573. The van der Waals surface area contributed by atoms with Crippen LogP contribution in [0.4, 0.5) is 0 Å². The lowest BCUT2D eigenvalue weighted by atomic mass is 9.78. The minimum absolute atomic E-state index is 0.242. The van der Waals surface area contributed by atoms with Gasteiger partial charge in [-0.05, 0) is 43.9 Å². The molecule has 0 amide bonds. The lowest BCUT2D eigenvalue weighted by Gasteiger charge is -2.32. The number of ether oxygens (including phenoxy) is 1. The molecule has 3 rings (SSSR count). The van der Waals surface area contributed by atoms with E-state index in [0.717, 1.165) is 29.9 Å². The van der Waals surface area contributed by atoms with Crippen LogP contribution in [0.1, 0.15) is 31.2 Å². The molecule has 0 unspecified atom stereocenters. The molecule has 0 bridgehead atoms. The molecule has 0 saturated heterocycles. The largest absolute Gasteiger partial charge is 0.497 e. The molecule has 2 aliphatic rings. The van der Waals surface area contributed by atoms with E-state index in [1.165, 1.54) is 0 Å². The number of hydrogen-bond acceptors (Lipinski definition) is 4. The fourth-order valence-electron chi connectivity index (χ4n) is 3.01. The number of aliphatic carboxylic acids is 1. The molecule has 1 aromatic carbocycles. The van der Waals surface area contributed by atoms with Crippen molar-refractivity contribution in [3.63, 3.8) is 0 Å². The number of carbonyl (C=O) groups is 1. The topological polar surface area (TPSA) is 67.8 Å². The summed E-state index contributed by atoms with van der Waals surface area (Å²) in [6.45, 7) is 0. The molecule has 1 aromatic rings. The predicted molar refractivity (Wildman–Crippen MR) is 77.5 cm³/mol. The van der Waals surface area contributed by atoms with Crippen LogP contribution in [0.25, 0.3) is 5.70 Å². The summed E-state index contributed by atoms with van der Waals surface area (Å²) >= 11 is 0. The zero-order valence-electron chi connectivity index (χ0n) is 12.0. The van der Waals surface area contributed by atoms with Gasteiger partial charge in [0.1, 0.15) is 11.4 Å². The van der Waals surface area contributed by atoms with Crippen LogP contribution in [0, 0.1) is 5.92 Å². The lowest BCUT2D eigenvalue weighted by molar-refractivity contribution is -0.145. The van der Waals surface area contributed by atoms with Crippen LogP contribution in [0.2, 0.25) is 0 Å². The molecule has 1 spiro atoms. The first-order chi connectivity index (χ1) is 10.1. The minimum atomic E-state index is -0.701. The van der Waals surface area contributed by atoms with Gasteiger partial charge in [0.2, 0.25) is 0 Å². The van der Waals surface area contributed by atoms with Gasteiger partial charge >= 0.3 is 5.97 Å². The number of hydroxylamine groups is 1. The van der Waals surface area contributed by atoms with Gasteiger partial charge in [-0.3, -0.25) is 15.1 Å². The third kappa shape index (κ3) is 2.74. The predicted octanol–water partition coefficient (Wildman–Crippen LogP) is 2.58. The molecule has 1 heterocycles. The van der Waals surface area contributed by atoms with E-state index >= 15 is 0 Å². The van der Waals surface area contributed by atoms with E-state index in [0.29, 0.717) is 12.8 Å². The first-order valence-electron chi connectivity index (χ1n) is 7.16. The number of carboxylic acids is 1. The molecule has 1 aliphatic carbocycles. The molecule has 5 nitrogen and oxygen atoms in total. The Balaban J connectivity index is 1.76. The highest BCUT2D eigenvalue weighted by Crippen LogP contribution is 2.40. The lowest BCUT2D eigenvalue weighted by Crippen LogP contribution is -2.36. The molecule has 5 heteroatoms. The molecular weight excluding hydrogens is 270 g/mol. The monoisotopic (exact) mass is 289 g/mol. The summed E-state index contributed by atoms with van der Waals surface area (Å²) in [5, 5.41) is 9.07. The van der Waals surface area contributed by atoms with E-state index in [1.807, 2.05) is 24.3 Å². The molecular formula is C16H19NO4. The van der Waals surface area contributed by atoms with Crippen molar-refractivity contribution in [1.29, 1.82) is 0 Å². The van der Waals surface area contributed by atoms with E-state index < -0.39 is 5.97 Å². The van der Waals surface area contributed by atoms with Crippen LogP contribution >= 0.6 is 0 Å². The van der Waals surface area contributed by atoms with Crippen molar-refractivity contribution in [3.05, 3.63) is 35.9 Å². The van der Waals surface area contributed by atoms with Crippen molar-refractivity contribution < 1.29 is 19.5 Å². The number of rotatable bonds is 3. The van der Waals surface area contributed by atoms with Crippen molar-refractivity contribution in [1.82, 2.24) is 5.48 Å². The van der Waals surface area contributed by atoms with Crippen LogP contribution < -0.4 is 10.2 Å². The third-order valence-corrected chi connectivity index (χ3v) is 4.33. The minimum Gasteiger partial charge on any atom is -0.497 e. The second kappa shape index (κ2) is 5.41. The Morgan fingerprint density at radius 2 is 2.19 bits per heavy atom. The number of hydrogen-bond donors (Lipinski definition) is 2. The van der Waals surface area contributed by atoms with Gasteiger partial charge in [-0.1, -0.05) is 12.1 Å². The van der Waals surface area contributed by atoms with E-state index in [1.54, 1.807) is 7.11 Å². The summed E-state index contributed by atoms with van der Waals surface area (Å²) in [5.74, 6) is -0.146. The number of methoxy groups -OCH3 is 1. The summed E-state index contributed by atoms with van der Waals surface area (Å²) in [5.41, 5.74) is 4.54. The number of carboxylic acid groups (broad SMARTS) is 1. The van der Waals surface area contributed by atoms with Crippen LogP contribution in [0.3, 0.4) is 0 Å². The molecule has 21 heavy (non-hydrogen) atoms. The van der Waals surface area contributed by atoms with Gasteiger partial charge in [-0.25, -0.2) is 0 Å². The first kappa shape index (κ1) is 13.9. The smallest absolute Gasteiger partial charge is 0.306 e. The average molecular weight is 289 g/mol. The molecule has 0 aromatic heterocycles. The Morgan fingerprint density at radius 1 is 1.43 bits per heavy atom. The van der Waals surface area contributed by atoms with Crippen LogP contribution in [0.5, 0.6) is 5.75 Å². The molecule has 1 fully saturated rings. The number of benzene rings is 1. The van der Waals surface area contributed by atoms with E-state index in [9.17, 15) is 4.79 Å². The van der Waals surface area contributed by atoms with Crippen LogP contribution in [0.15, 0.2) is 30.3 Å². The first-order valence-corrected chi connectivity index (χ1v) is 7.16.